The molecule has 0 saturated carbocycles. The molecule has 72 valence electrons. The first kappa shape index (κ1) is 8.97. The lowest BCUT2D eigenvalue weighted by molar-refractivity contribution is 0.182. The first-order chi connectivity index (χ1) is 6.40. The molecule has 1 fully saturated rings. The van der Waals surface area contributed by atoms with Crippen molar-refractivity contribution in [2.45, 2.75) is 18.8 Å². The predicted octanol–water partition coefficient (Wildman–Crippen LogP) is 1.05. The van der Waals surface area contributed by atoms with Crippen LogP contribution in [0.4, 0.5) is 0 Å². The Kier molecular flexibility index (Phi) is 2.80. The minimum absolute atomic E-state index is 0.424. The van der Waals surface area contributed by atoms with Gasteiger partial charge in [0.2, 0.25) is 0 Å². The molecule has 4 nitrogen and oxygen atoms in total. The zero-order chi connectivity index (χ0) is 9.10. The van der Waals surface area contributed by atoms with Gasteiger partial charge >= 0.3 is 0 Å². The lowest BCUT2D eigenvalue weighted by Gasteiger charge is -2.08. The van der Waals surface area contributed by atoms with Gasteiger partial charge in [0.15, 0.2) is 0 Å². The molecule has 1 saturated heterocycles. The average Bonchev–Trinajstić information content (AvgIpc) is 2.76. The molecular weight excluding hydrogens is 190 g/mol. The van der Waals surface area contributed by atoms with Gasteiger partial charge in [0.25, 0.3) is 0 Å². The second-order valence-electron chi connectivity index (χ2n) is 3.26. The van der Waals surface area contributed by atoms with Gasteiger partial charge < -0.3 is 9.30 Å². The van der Waals surface area contributed by atoms with Crippen LogP contribution in [0.2, 0.25) is 0 Å². The van der Waals surface area contributed by atoms with Gasteiger partial charge in [-0.05, 0) is 6.42 Å². The Morgan fingerprint density at radius 1 is 1.69 bits per heavy atom. The Hall–Kier alpha value is -0.610. The molecule has 0 aromatic carbocycles. The van der Waals surface area contributed by atoms with Gasteiger partial charge in [0.1, 0.15) is 12.2 Å². The maximum absolute atomic E-state index is 5.70. The van der Waals surface area contributed by atoms with Crippen LogP contribution >= 0.6 is 11.6 Å². The Labute approximate surface area is 81.9 Å². The van der Waals surface area contributed by atoms with Crippen LogP contribution in [0.3, 0.4) is 0 Å². The third-order valence-corrected chi connectivity index (χ3v) is 2.53. The van der Waals surface area contributed by atoms with E-state index in [4.69, 9.17) is 16.3 Å². The lowest BCUT2D eigenvalue weighted by Crippen LogP contribution is -2.11. The monoisotopic (exact) mass is 201 g/mol. The number of ether oxygens (including phenoxy) is 1. The molecule has 0 radical (unpaired) electrons. The summed E-state index contributed by atoms with van der Waals surface area (Å²) >= 11 is 5.70. The summed E-state index contributed by atoms with van der Waals surface area (Å²) in [7, 11) is 0. The molecule has 1 unspecified atom stereocenters. The maximum Gasteiger partial charge on any atom is 0.147 e. The number of halogens is 1. The molecule has 1 atom stereocenters. The number of rotatable bonds is 3. The molecular formula is C8H12ClN3O. The Bertz CT molecular complexity index is 270. The van der Waals surface area contributed by atoms with Crippen LogP contribution in [0, 0.1) is 5.92 Å². The number of aromatic nitrogens is 3. The normalized spacial score (nSPS) is 22.4. The molecule has 2 heterocycles. The van der Waals surface area contributed by atoms with Crippen molar-refractivity contribution in [2.75, 3.05) is 13.2 Å². The SMILES string of the molecule is ClCc1nncn1CC1CCOC1. The molecule has 0 amide bonds. The summed E-state index contributed by atoms with van der Waals surface area (Å²) in [4.78, 5) is 0. The molecule has 2 rings (SSSR count). The fourth-order valence-corrected chi connectivity index (χ4v) is 1.75. The van der Waals surface area contributed by atoms with Crippen molar-refractivity contribution >= 4 is 11.6 Å². The first-order valence-corrected chi connectivity index (χ1v) is 4.94. The molecule has 0 bridgehead atoms. The fraction of sp³-hybridized carbons (Fsp3) is 0.750. The molecule has 1 aliphatic heterocycles. The van der Waals surface area contributed by atoms with Crippen LogP contribution in [0.15, 0.2) is 6.33 Å². The van der Waals surface area contributed by atoms with Gasteiger partial charge in [-0.25, -0.2) is 0 Å². The quantitative estimate of drug-likeness (QED) is 0.687. The van der Waals surface area contributed by atoms with Crippen LogP contribution in [0.5, 0.6) is 0 Å². The smallest absolute Gasteiger partial charge is 0.147 e. The van der Waals surface area contributed by atoms with E-state index in [9.17, 15) is 0 Å². The van der Waals surface area contributed by atoms with E-state index >= 15 is 0 Å². The Balaban J connectivity index is 1.99. The Morgan fingerprint density at radius 2 is 2.62 bits per heavy atom. The van der Waals surface area contributed by atoms with E-state index in [1.807, 2.05) is 4.57 Å². The number of nitrogens with zero attached hydrogens (tertiary/aromatic N) is 3. The van der Waals surface area contributed by atoms with Gasteiger partial charge in [-0.3, -0.25) is 0 Å². The molecule has 5 heteroatoms. The van der Waals surface area contributed by atoms with E-state index in [0.29, 0.717) is 11.8 Å². The van der Waals surface area contributed by atoms with E-state index in [1.165, 1.54) is 0 Å². The minimum atomic E-state index is 0.424. The van der Waals surface area contributed by atoms with Crippen LogP contribution in [0.25, 0.3) is 0 Å². The average molecular weight is 202 g/mol. The summed E-state index contributed by atoms with van der Waals surface area (Å²) < 4.78 is 7.30. The summed E-state index contributed by atoms with van der Waals surface area (Å²) in [5, 5.41) is 7.74. The third kappa shape index (κ3) is 2.00. The van der Waals surface area contributed by atoms with Gasteiger partial charge in [-0.1, -0.05) is 0 Å². The van der Waals surface area contributed by atoms with E-state index in [2.05, 4.69) is 10.2 Å². The van der Waals surface area contributed by atoms with Gasteiger partial charge in [0.05, 0.1) is 12.5 Å². The van der Waals surface area contributed by atoms with Crippen LogP contribution in [-0.4, -0.2) is 28.0 Å². The standard InChI is InChI=1S/C8H12ClN3O/c9-3-8-11-10-6-12(8)4-7-1-2-13-5-7/h6-7H,1-5H2. The molecule has 0 aliphatic carbocycles. The summed E-state index contributed by atoms with van der Waals surface area (Å²) in [6.07, 6.45) is 2.86. The zero-order valence-electron chi connectivity index (χ0n) is 7.32. The largest absolute Gasteiger partial charge is 0.381 e. The van der Waals surface area contributed by atoms with Crippen molar-refractivity contribution in [1.82, 2.24) is 14.8 Å². The highest BCUT2D eigenvalue weighted by atomic mass is 35.5. The summed E-state index contributed by atoms with van der Waals surface area (Å²) in [5.74, 6) is 1.86. The second kappa shape index (κ2) is 4.07. The number of alkyl halides is 1. The number of hydrogen-bond acceptors (Lipinski definition) is 3. The molecule has 0 spiro atoms. The highest BCUT2D eigenvalue weighted by molar-refractivity contribution is 6.16. The first-order valence-electron chi connectivity index (χ1n) is 4.40. The molecule has 1 aliphatic rings. The van der Waals surface area contributed by atoms with Crippen molar-refractivity contribution in [1.29, 1.82) is 0 Å². The topological polar surface area (TPSA) is 39.9 Å². The molecule has 0 N–H and O–H groups in total. The Morgan fingerprint density at radius 3 is 3.31 bits per heavy atom. The molecule has 1 aromatic heterocycles. The van der Waals surface area contributed by atoms with E-state index in [1.54, 1.807) is 6.33 Å². The fourth-order valence-electron chi connectivity index (χ4n) is 1.54. The van der Waals surface area contributed by atoms with Crippen LogP contribution in [0.1, 0.15) is 12.2 Å². The third-order valence-electron chi connectivity index (χ3n) is 2.29. The van der Waals surface area contributed by atoms with Crippen molar-refractivity contribution in [3.8, 4) is 0 Å². The highest BCUT2D eigenvalue weighted by Gasteiger charge is 2.17. The van der Waals surface area contributed by atoms with E-state index in [0.717, 1.165) is 32.0 Å². The van der Waals surface area contributed by atoms with Crippen molar-refractivity contribution in [3.63, 3.8) is 0 Å². The highest BCUT2D eigenvalue weighted by Crippen LogP contribution is 2.15. The minimum Gasteiger partial charge on any atom is -0.381 e. The van der Waals surface area contributed by atoms with Gasteiger partial charge in [-0.2, -0.15) is 0 Å². The lowest BCUT2D eigenvalue weighted by atomic mass is 10.1. The maximum atomic E-state index is 5.70. The summed E-state index contributed by atoms with van der Waals surface area (Å²) in [6.45, 7) is 2.65. The number of hydrogen-bond donors (Lipinski definition) is 0. The van der Waals surface area contributed by atoms with Crippen molar-refractivity contribution in [3.05, 3.63) is 12.2 Å². The van der Waals surface area contributed by atoms with Gasteiger partial charge in [-0.15, -0.1) is 21.8 Å². The summed E-state index contributed by atoms with van der Waals surface area (Å²) in [6, 6.07) is 0. The van der Waals surface area contributed by atoms with E-state index < -0.39 is 0 Å². The van der Waals surface area contributed by atoms with Crippen molar-refractivity contribution < 1.29 is 4.74 Å². The predicted molar refractivity (Wildman–Crippen MR) is 48.5 cm³/mol. The summed E-state index contributed by atoms with van der Waals surface area (Å²) in [5.41, 5.74) is 0. The second-order valence-corrected chi connectivity index (χ2v) is 3.53. The van der Waals surface area contributed by atoms with E-state index in [-0.39, 0.29) is 0 Å². The zero-order valence-corrected chi connectivity index (χ0v) is 8.07. The van der Waals surface area contributed by atoms with Crippen LogP contribution < -0.4 is 0 Å². The van der Waals surface area contributed by atoms with Crippen LogP contribution in [-0.2, 0) is 17.2 Å². The molecule has 13 heavy (non-hydrogen) atoms. The van der Waals surface area contributed by atoms with Crippen molar-refractivity contribution in [2.24, 2.45) is 5.92 Å². The van der Waals surface area contributed by atoms with Gasteiger partial charge in [0, 0.05) is 19.1 Å². The molecule has 1 aromatic rings.